The van der Waals surface area contributed by atoms with Gasteiger partial charge in [-0.2, -0.15) is 10.2 Å². The van der Waals surface area contributed by atoms with Gasteiger partial charge < -0.3 is 9.47 Å². The van der Waals surface area contributed by atoms with Crippen molar-refractivity contribution in [1.82, 2.24) is 0 Å². The van der Waals surface area contributed by atoms with Gasteiger partial charge in [0.05, 0.1) is 48.1 Å². The Morgan fingerprint density at radius 2 is 0.769 bits per heavy atom. The summed E-state index contributed by atoms with van der Waals surface area (Å²) in [5, 5.41) is 14.6. The number of anilines is 2. The van der Waals surface area contributed by atoms with Gasteiger partial charge in [0.15, 0.2) is 0 Å². The molecule has 0 radical (unpaired) electrons. The van der Waals surface area contributed by atoms with Gasteiger partial charge in [0, 0.05) is 24.0 Å². The number of hydrogen-bond donors (Lipinski definition) is 0. The third-order valence-corrected chi connectivity index (χ3v) is 9.68. The molecule has 6 nitrogen and oxygen atoms in total. The molecule has 6 aromatic carbocycles. The van der Waals surface area contributed by atoms with E-state index in [1.165, 1.54) is 11.1 Å². The van der Waals surface area contributed by atoms with Crippen molar-refractivity contribution >= 4 is 22.8 Å². The standard InChI is InChI=1S/C46H42N4O2/c1-5-19-35(20-6-1)43-33-41(47-49(43)37-23-9-3-10-24-37)39-27-13-15-29-45(39)51-31-17-18-32-52-46-30-16-14-28-40(46)42-34-44(36-21-7-2-8-22-36)50(48-42)38-25-11-4-12-26-38/h1-16,19-30,43-44H,17-18,31-34H2. The molecule has 0 aromatic heterocycles. The minimum Gasteiger partial charge on any atom is -0.493 e. The van der Waals surface area contributed by atoms with Gasteiger partial charge >= 0.3 is 0 Å². The number of benzene rings is 6. The van der Waals surface area contributed by atoms with Crippen LogP contribution in [0.25, 0.3) is 0 Å². The molecule has 0 N–H and O–H groups in total. The Balaban J connectivity index is 0.906. The normalized spacial score (nSPS) is 16.8. The number of rotatable bonds is 13. The lowest BCUT2D eigenvalue weighted by molar-refractivity contribution is 0.266. The zero-order chi connectivity index (χ0) is 35.0. The van der Waals surface area contributed by atoms with E-state index in [1.54, 1.807) is 0 Å². The SMILES string of the molecule is c1ccc(C2CC(c3ccccc3OCCCCOc3ccccc3C3=NN(c4ccccc4)C(c4ccccc4)C3)=NN2c2ccccc2)cc1. The molecular formula is C46H42N4O2. The highest BCUT2D eigenvalue weighted by Gasteiger charge is 2.32. The number of unbranched alkanes of at least 4 members (excludes halogenated alkanes) is 1. The van der Waals surface area contributed by atoms with Gasteiger partial charge in [-0.1, -0.05) is 121 Å². The van der Waals surface area contributed by atoms with Gasteiger partial charge in [0.1, 0.15) is 11.5 Å². The molecule has 2 aliphatic rings. The van der Waals surface area contributed by atoms with Crippen LogP contribution in [-0.4, -0.2) is 24.6 Å². The summed E-state index contributed by atoms with van der Waals surface area (Å²) >= 11 is 0. The van der Waals surface area contributed by atoms with E-state index in [0.29, 0.717) is 13.2 Å². The molecule has 0 aliphatic carbocycles. The zero-order valence-electron chi connectivity index (χ0n) is 29.2. The molecule has 0 spiro atoms. The number of para-hydroxylation sites is 4. The van der Waals surface area contributed by atoms with E-state index in [1.807, 2.05) is 24.3 Å². The lowest BCUT2D eigenvalue weighted by Gasteiger charge is -2.23. The molecule has 0 bridgehead atoms. The van der Waals surface area contributed by atoms with Crippen LogP contribution in [0, 0.1) is 0 Å². The fourth-order valence-corrected chi connectivity index (χ4v) is 7.08. The van der Waals surface area contributed by atoms with Crippen LogP contribution < -0.4 is 19.5 Å². The maximum atomic E-state index is 6.42. The van der Waals surface area contributed by atoms with Crippen molar-refractivity contribution in [2.45, 2.75) is 37.8 Å². The summed E-state index contributed by atoms with van der Waals surface area (Å²) in [5.74, 6) is 1.73. The summed E-state index contributed by atoms with van der Waals surface area (Å²) in [6.45, 7) is 1.19. The van der Waals surface area contributed by atoms with Crippen molar-refractivity contribution in [2.24, 2.45) is 10.2 Å². The van der Waals surface area contributed by atoms with Gasteiger partial charge in [0.2, 0.25) is 0 Å². The van der Waals surface area contributed by atoms with Crippen LogP contribution in [0.3, 0.4) is 0 Å². The molecule has 2 aliphatic heterocycles. The average Bonchev–Trinajstić information content (AvgIpc) is 3.87. The highest BCUT2D eigenvalue weighted by Crippen LogP contribution is 2.39. The van der Waals surface area contributed by atoms with Crippen LogP contribution in [0.5, 0.6) is 11.5 Å². The second-order valence-electron chi connectivity index (χ2n) is 13.1. The quantitative estimate of drug-likeness (QED) is 0.114. The van der Waals surface area contributed by atoms with Gasteiger partial charge in [-0.05, 0) is 72.5 Å². The van der Waals surface area contributed by atoms with Crippen molar-refractivity contribution in [3.63, 3.8) is 0 Å². The van der Waals surface area contributed by atoms with Gasteiger partial charge in [0.25, 0.3) is 0 Å². The number of nitrogens with zero attached hydrogens (tertiary/aromatic N) is 4. The van der Waals surface area contributed by atoms with E-state index in [4.69, 9.17) is 19.7 Å². The lowest BCUT2D eigenvalue weighted by atomic mass is 9.97. The van der Waals surface area contributed by atoms with Crippen molar-refractivity contribution in [3.8, 4) is 11.5 Å². The summed E-state index contributed by atoms with van der Waals surface area (Å²) in [4.78, 5) is 0. The molecule has 0 saturated carbocycles. The van der Waals surface area contributed by atoms with Gasteiger partial charge in [-0.25, -0.2) is 0 Å². The molecular weight excluding hydrogens is 641 g/mol. The van der Waals surface area contributed by atoms with E-state index in [0.717, 1.165) is 71.1 Å². The largest absolute Gasteiger partial charge is 0.493 e. The number of hydrazone groups is 2. The third kappa shape index (κ3) is 7.33. The van der Waals surface area contributed by atoms with Gasteiger partial charge in [-0.15, -0.1) is 0 Å². The number of ether oxygens (including phenoxy) is 2. The predicted octanol–water partition coefficient (Wildman–Crippen LogP) is 10.6. The first-order chi connectivity index (χ1) is 25.8. The Labute approximate surface area is 306 Å². The Hall–Kier alpha value is -6.14. The maximum absolute atomic E-state index is 6.42. The second kappa shape index (κ2) is 15.8. The summed E-state index contributed by atoms with van der Waals surface area (Å²) in [7, 11) is 0. The first-order valence-electron chi connectivity index (χ1n) is 18.2. The molecule has 0 saturated heterocycles. The Bertz CT molecular complexity index is 1970. The minimum absolute atomic E-state index is 0.118. The minimum atomic E-state index is 0.118. The highest BCUT2D eigenvalue weighted by molar-refractivity contribution is 6.06. The van der Waals surface area contributed by atoms with Crippen LogP contribution >= 0.6 is 0 Å². The van der Waals surface area contributed by atoms with E-state index in [9.17, 15) is 0 Å². The summed E-state index contributed by atoms with van der Waals surface area (Å²) in [6, 6.07) is 58.8. The third-order valence-electron chi connectivity index (χ3n) is 9.68. The highest BCUT2D eigenvalue weighted by atomic mass is 16.5. The van der Waals surface area contributed by atoms with Crippen LogP contribution in [0.15, 0.2) is 180 Å². The van der Waals surface area contributed by atoms with Crippen molar-refractivity contribution in [1.29, 1.82) is 0 Å². The molecule has 6 heteroatoms. The summed E-state index contributed by atoms with van der Waals surface area (Å²) in [5.41, 5.74) is 8.80. The van der Waals surface area contributed by atoms with Crippen molar-refractivity contribution in [3.05, 3.63) is 192 Å². The molecule has 0 amide bonds. The first kappa shape index (κ1) is 33.0. The fraction of sp³-hybridized carbons (Fsp3) is 0.174. The van der Waals surface area contributed by atoms with Crippen LogP contribution in [-0.2, 0) is 0 Å². The summed E-state index contributed by atoms with van der Waals surface area (Å²) in [6.07, 6.45) is 3.33. The smallest absolute Gasteiger partial charge is 0.128 e. The Morgan fingerprint density at radius 3 is 1.17 bits per heavy atom. The monoisotopic (exact) mass is 682 g/mol. The zero-order valence-corrected chi connectivity index (χ0v) is 29.2. The Kier molecular flexibility index (Phi) is 10.0. The van der Waals surface area contributed by atoms with Gasteiger partial charge in [-0.3, -0.25) is 10.0 Å². The van der Waals surface area contributed by atoms with E-state index in [2.05, 4.69) is 156 Å². The molecule has 8 rings (SSSR count). The molecule has 52 heavy (non-hydrogen) atoms. The molecule has 2 atom stereocenters. The first-order valence-corrected chi connectivity index (χ1v) is 18.2. The molecule has 2 unspecified atom stereocenters. The van der Waals surface area contributed by atoms with E-state index >= 15 is 0 Å². The average molecular weight is 683 g/mol. The number of hydrogen-bond acceptors (Lipinski definition) is 6. The van der Waals surface area contributed by atoms with Crippen molar-refractivity contribution in [2.75, 3.05) is 23.2 Å². The molecule has 2 heterocycles. The van der Waals surface area contributed by atoms with Crippen LogP contribution in [0.1, 0.15) is 60.0 Å². The van der Waals surface area contributed by atoms with Crippen LogP contribution in [0.2, 0.25) is 0 Å². The van der Waals surface area contributed by atoms with E-state index in [-0.39, 0.29) is 12.1 Å². The van der Waals surface area contributed by atoms with Crippen molar-refractivity contribution < 1.29 is 9.47 Å². The summed E-state index contributed by atoms with van der Waals surface area (Å²) < 4.78 is 12.8. The second-order valence-corrected chi connectivity index (χ2v) is 13.1. The molecule has 6 aromatic rings. The Morgan fingerprint density at radius 1 is 0.423 bits per heavy atom. The predicted molar refractivity (Wildman–Crippen MR) is 212 cm³/mol. The maximum Gasteiger partial charge on any atom is 0.128 e. The molecule has 258 valence electrons. The fourth-order valence-electron chi connectivity index (χ4n) is 7.08. The van der Waals surface area contributed by atoms with Crippen LogP contribution in [0.4, 0.5) is 11.4 Å². The van der Waals surface area contributed by atoms with E-state index < -0.39 is 0 Å². The lowest BCUT2D eigenvalue weighted by Crippen LogP contribution is -2.18. The topological polar surface area (TPSA) is 49.7 Å². The molecule has 0 fully saturated rings.